The lowest BCUT2D eigenvalue weighted by atomic mass is 10.2. The molecule has 7 heteroatoms. The quantitative estimate of drug-likeness (QED) is 0.746. The third-order valence-electron chi connectivity index (χ3n) is 3.27. The first kappa shape index (κ1) is 15.8. The van der Waals surface area contributed by atoms with Crippen LogP contribution in [0.3, 0.4) is 0 Å². The van der Waals surface area contributed by atoms with Crippen molar-refractivity contribution in [1.29, 1.82) is 0 Å². The van der Waals surface area contributed by atoms with Crippen LogP contribution < -0.4 is 15.2 Å². The monoisotopic (exact) mass is 329 g/mol. The maximum Gasteiger partial charge on any atom is 0.313 e. The Labute approximate surface area is 138 Å². The number of hydrogen-bond acceptors (Lipinski definition) is 6. The molecule has 0 amide bonds. The minimum Gasteiger partial charge on any atom is -0.490 e. The maximum absolute atomic E-state index is 13.7. The van der Waals surface area contributed by atoms with E-state index < -0.39 is 0 Å². The number of nitrogen functional groups attached to an aromatic ring is 1. The molecule has 0 saturated heterocycles. The molecule has 3 rings (SSSR count). The molecule has 3 aromatic rings. The van der Waals surface area contributed by atoms with Crippen molar-refractivity contribution < 1.29 is 18.3 Å². The van der Waals surface area contributed by atoms with Crippen molar-refractivity contribution in [3.63, 3.8) is 0 Å². The van der Waals surface area contributed by atoms with E-state index in [0.717, 1.165) is 0 Å². The van der Waals surface area contributed by atoms with Crippen LogP contribution in [0.25, 0.3) is 11.5 Å². The highest BCUT2D eigenvalue weighted by Gasteiger charge is 2.13. The largest absolute Gasteiger partial charge is 0.490 e. The lowest BCUT2D eigenvalue weighted by molar-refractivity contribution is 0.266. The molecule has 24 heavy (non-hydrogen) atoms. The van der Waals surface area contributed by atoms with Crippen LogP contribution in [0.5, 0.6) is 11.5 Å². The molecule has 0 fully saturated rings. The Hall–Kier alpha value is -3.09. The lowest BCUT2D eigenvalue weighted by Gasteiger charge is -2.13. The fraction of sp³-hybridized carbons (Fsp3) is 0.176. The molecule has 1 aromatic heterocycles. The average Bonchev–Trinajstić information content (AvgIpc) is 3.02. The van der Waals surface area contributed by atoms with Crippen molar-refractivity contribution in [1.82, 2.24) is 10.2 Å². The van der Waals surface area contributed by atoms with Gasteiger partial charge < -0.3 is 19.6 Å². The van der Waals surface area contributed by atoms with Gasteiger partial charge in [0.25, 0.3) is 0 Å². The highest BCUT2D eigenvalue weighted by atomic mass is 19.1. The van der Waals surface area contributed by atoms with Crippen molar-refractivity contribution in [3.05, 3.63) is 53.8 Å². The van der Waals surface area contributed by atoms with Crippen LogP contribution in [0.4, 0.5) is 10.4 Å². The Morgan fingerprint density at radius 1 is 1.08 bits per heavy atom. The molecule has 0 unspecified atom stereocenters. The molecule has 2 N–H and O–H groups in total. The second-order valence-corrected chi connectivity index (χ2v) is 4.92. The Kier molecular flexibility index (Phi) is 4.60. The van der Waals surface area contributed by atoms with Crippen LogP contribution in [0, 0.1) is 5.82 Å². The fourth-order valence-electron chi connectivity index (χ4n) is 2.15. The van der Waals surface area contributed by atoms with Crippen LogP contribution in [0.15, 0.2) is 46.9 Å². The number of ether oxygens (including phenoxy) is 2. The lowest BCUT2D eigenvalue weighted by Crippen LogP contribution is -2.01. The second kappa shape index (κ2) is 6.99. The van der Waals surface area contributed by atoms with Gasteiger partial charge in [-0.1, -0.05) is 23.3 Å². The Bertz CT molecular complexity index is 835. The number of rotatable bonds is 6. The summed E-state index contributed by atoms with van der Waals surface area (Å²) in [5.74, 6) is 0.974. The maximum atomic E-state index is 13.7. The van der Waals surface area contributed by atoms with Gasteiger partial charge in [0, 0.05) is 11.1 Å². The van der Waals surface area contributed by atoms with Gasteiger partial charge in [-0.25, -0.2) is 4.39 Å². The van der Waals surface area contributed by atoms with E-state index in [0.29, 0.717) is 29.2 Å². The third-order valence-corrected chi connectivity index (χ3v) is 3.27. The molecule has 0 atom stereocenters. The number of nitrogens with zero attached hydrogens (tertiary/aromatic N) is 2. The van der Waals surface area contributed by atoms with E-state index >= 15 is 0 Å². The molecule has 1 heterocycles. The summed E-state index contributed by atoms with van der Waals surface area (Å²) in [5, 5.41) is 7.46. The summed E-state index contributed by atoms with van der Waals surface area (Å²) < 4.78 is 30.2. The highest BCUT2D eigenvalue weighted by molar-refractivity contribution is 5.60. The van der Waals surface area contributed by atoms with Gasteiger partial charge in [-0.15, -0.1) is 5.10 Å². The zero-order valence-electron chi connectivity index (χ0n) is 13.0. The summed E-state index contributed by atoms with van der Waals surface area (Å²) in [6.07, 6.45) is 0. The summed E-state index contributed by atoms with van der Waals surface area (Å²) in [6, 6.07) is 11.6. The van der Waals surface area contributed by atoms with E-state index in [9.17, 15) is 4.39 Å². The number of nitrogens with two attached hydrogens (primary N) is 1. The van der Waals surface area contributed by atoms with Gasteiger partial charge in [0.15, 0.2) is 11.5 Å². The summed E-state index contributed by atoms with van der Waals surface area (Å²) in [6.45, 7) is 2.41. The predicted molar refractivity (Wildman–Crippen MR) is 86.0 cm³/mol. The normalized spacial score (nSPS) is 10.6. The first-order chi connectivity index (χ1) is 11.7. The molecule has 0 aliphatic heterocycles. The number of halogens is 1. The predicted octanol–water partition coefficient (Wildman–Crippen LogP) is 3.44. The van der Waals surface area contributed by atoms with E-state index in [1.54, 1.807) is 36.4 Å². The van der Waals surface area contributed by atoms with Crippen LogP contribution >= 0.6 is 0 Å². The zero-order chi connectivity index (χ0) is 16.9. The van der Waals surface area contributed by atoms with Crippen LogP contribution in [-0.2, 0) is 6.61 Å². The molecule has 2 aromatic carbocycles. The van der Waals surface area contributed by atoms with Crippen LogP contribution in [0.2, 0.25) is 0 Å². The minimum absolute atomic E-state index is 0.0113. The Morgan fingerprint density at radius 3 is 2.62 bits per heavy atom. The van der Waals surface area contributed by atoms with Gasteiger partial charge in [0.1, 0.15) is 12.4 Å². The number of aromatic nitrogens is 2. The number of benzene rings is 2. The summed E-state index contributed by atoms with van der Waals surface area (Å²) in [4.78, 5) is 0. The Balaban J connectivity index is 1.83. The molecule has 0 bridgehead atoms. The Morgan fingerprint density at radius 2 is 1.92 bits per heavy atom. The molecular formula is C17H16FN3O3. The average molecular weight is 329 g/mol. The van der Waals surface area contributed by atoms with Crippen molar-refractivity contribution in [2.75, 3.05) is 12.3 Å². The summed E-state index contributed by atoms with van der Waals surface area (Å²) in [5.41, 5.74) is 6.56. The van der Waals surface area contributed by atoms with Crippen molar-refractivity contribution >= 4 is 6.01 Å². The molecule has 6 nitrogen and oxygen atoms in total. The van der Waals surface area contributed by atoms with Gasteiger partial charge in [-0.05, 0) is 31.2 Å². The van der Waals surface area contributed by atoms with Gasteiger partial charge in [0.2, 0.25) is 5.89 Å². The van der Waals surface area contributed by atoms with Gasteiger partial charge in [-0.3, -0.25) is 0 Å². The smallest absolute Gasteiger partial charge is 0.313 e. The first-order valence-electron chi connectivity index (χ1n) is 7.39. The topological polar surface area (TPSA) is 83.4 Å². The molecular weight excluding hydrogens is 313 g/mol. The number of hydrogen-bond donors (Lipinski definition) is 1. The molecule has 124 valence electrons. The SMILES string of the molecule is CCOc1cc(-c2nnc(N)o2)ccc1OCc1ccccc1F. The standard InChI is InChI=1S/C17H16FN3O3/c1-2-22-15-9-11(16-20-21-17(19)24-16)7-8-14(15)23-10-12-5-3-4-6-13(12)18/h3-9H,2,10H2,1H3,(H2,19,21). The van der Waals surface area contributed by atoms with Crippen molar-refractivity contribution in [2.24, 2.45) is 0 Å². The molecule has 0 spiro atoms. The van der Waals surface area contributed by atoms with E-state index in [4.69, 9.17) is 19.6 Å². The van der Waals surface area contributed by atoms with Gasteiger partial charge in [-0.2, -0.15) is 0 Å². The van der Waals surface area contributed by atoms with Crippen molar-refractivity contribution in [2.45, 2.75) is 13.5 Å². The van der Waals surface area contributed by atoms with E-state index in [1.807, 2.05) is 6.92 Å². The molecule has 0 saturated carbocycles. The van der Waals surface area contributed by atoms with Crippen molar-refractivity contribution in [3.8, 4) is 23.0 Å². The van der Waals surface area contributed by atoms with Crippen LogP contribution in [-0.4, -0.2) is 16.8 Å². The first-order valence-corrected chi connectivity index (χ1v) is 7.39. The van der Waals surface area contributed by atoms with Gasteiger partial charge >= 0.3 is 6.01 Å². The summed E-state index contributed by atoms with van der Waals surface area (Å²) in [7, 11) is 0. The second-order valence-electron chi connectivity index (χ2n) is 4.92. The third kappa shape index (κ3) is 3.45. The molecule has 0 radical (unpaired) electrons. The van der Waals surface area contributed by atoms with E-state index in [1.165, 1.54) is 6.07 Å². The van der Waals surface area contributed by atoms with Crippen LogP contribution in [0.1, 0.15) is 12.5 Å². The fourth-order valence-corrected chi connectivity index (χ4v) is 2.15. The molecule has 0 aliphatic rings. The summed E-state index contributed by atoms with van der Waals surface area (Å²) >= 11 is 0. The molecule has 0 aliphatic carbocycles. The minimum atomic E-state index is -0.312. The van der Waals surface area contributed by atoms with Gasteiger partial charge in [0.05, 0.1) is 6.61 Å². The van der Waals surface area contributed by atoms with E-state index in [-0.39, 0.29) is 24.3 Å². The number of anilines is 1. The zero-order valence-corrected chi connectivity index (χ0v) is 13.0. The van der Waals surface area contributed by atoms with E-state index in [2.05, 4.69) is 10.2 Å². The highest BCUT2D eigenvalue weighted by Crippen LogP contribution is 2.33.